The lowest BCUT2D eigenvalue weighted by Crippen LogP contribution is -2.48. The third kappa shape index (κ3) is 6.19. The predicted octanol–water partition coefficient (Wildman–Crippen LogP) is 3.87. The molecule has 0 aromatic heterocycles. The maximum Gasteiger partial charge on any atom is 0.242 e. The largest absolute Gasteiger partial charge is 0.354 e. The highest BCUT2D eigenvalue weighted by Crippen LogP contribution is 2.15. The number of nitrogens with zero attached hydrogens (tertiary/aromatic N) is 1. The Morgan fingerprint density at radius 3 is 2.29 bits per heavy atom. The Balaban J connectivity index is 2.21. The van der Waals surface area contributed by atoms with Crippen molar-refractivity contribution >= 4 is 11.8 Å². The Morgan fingerprint density at radius 1 is 1.04 bits per heavy atom. The van der Waals surface area contributed by atoms with Crippen LogP contribution in [-0.4, -0.2) is 29.3 Å². The maximum absolute atomic E-state index is 13.2. The molecular formula is C23H29FN2O2. The zero-order chi connectivity index (χ0) is 20.7. The van der Waals surface area contributed by atoms with Crippen LogP contribution >= 0.6 is 0 Å². The van der Waals surface area contributed by atoms with Gasteiger partial charge in [-0.25, -0.2) is 4.39 Å². The van der Waals surface area contributed by atoms with Gasteiger partial charge in [0.05, 0.1) is 6.42 Å². The Kier molecular flexibility index (Phi) is 7.73. The number of hydrogen-bond donors (Lipinski definition) is 1. The van der Waals surface area contributed by atoms with E-state index in [0.717, 1.165) is 16.7 Å². The van der Waals surface area contributed by atoms with E-state index < -0.39 is 6.04 Å². The van der Waals surface area contributed by atoms with Crippen LogP contribution in [0, 0.1) is 18.7 Å². The van der Waals surface area contributed by atoms with Gasteiger partial charge in [0.1, 0.15) is 11.9 Å². The van der Waals surface area contributed by atoms with Crippen molar-refractivity contribution < 1.29 is 14.0 Å². The number of rotatable bonds is 8. The van der Waals surface area contributed by atoms with Gasteiger partial charge in [-0.15, -0.1) is 0 Å². The average molecular weight is 384 g/mol. The van der Waals surface area contributed by atoms with Crippen molar-refractivity contribution in [1.29, 1.82) is 0 Å². The molecule has 1 N–H and O–H groups in total. The molecule has 28 heavy (non-hydrogen) atoms. The van der Waals surface area contributed by atoms with Gasteiger partial charge in [0.25, 0.3) is 0 Å². The molecule has 2 amide bonds. The second-order valence-electron chi connectivity index (χ2n) is 7.57. The Labute approximate surface area is 166 Å². The van der Waals surface area contributed by atoms with Gasteiger partial charge in [0, 0.05) is 13.1 Å². The van der Waals surface area contributed by atoms with E-state index in [1.807, 2.05) is 45.0 Å². The predicted molar refractivity (Wildman–Crippen MR) is 109 cm³/mol. The van der Waals surface area contributed by atoms with Gasteiger partial charge in [-0.1, -0.05) is 50.2 Å². The van der Waals surface area contributed by atoms with Crippen LogP contribution in [0.15, 0.2) is 48.5 Å². The number of halogens is 1. The van der Waals surface area contributed by atoms with E-state index in [9.17, 15) is 14.0 Å². The van der Waals surface area contributed by atoms with Crippen LogP contribution in [0.4, 0.5) is 4.39 Å². The Hall–Kier alpha value is -2.69. The first-order valence-electron chi connectivity index (χ1n) is 9.64. The summed E-state index contributed by atoms with van der Waals surface area (Å²) in [5.41, 5.74) is 2.78. The molecule has 2 rings (SSSR count). The minimum Gasteiger partial charge on any atom is -0.354 e. The van der Waals surface area contributed by atoms with Gasteiger partial charge in [0.15, 0.2) is 0 Å². The van der Waals surface area contributed by atoms with Gasteiger partial charge in [-0.3, -0.25) is 9.59 Å². The summed E-state index contributed by atoms with van der Waals surface area (Å²) in [5, 5.41) is 2.91. The van der Waals surface area contributed by atoms with Crippen LogP contribution in [-0.2, 0) is 22.6 Å². The molecule has 0 heterocycles. The van der Waals surface area contributed by atoms with E-state index >= 15 is 0 Å². The van der Waals surface area contributed by atoms with E-state index in [0.29, 0.717) is 19.0 Å². The summed E-state index contributed by atoms with van der Waals surface area (Å²) in [5.74, 6) is -0.345. The normalized spacial score (nSPS) is 11.9. The van der Waals surface area contributed by atoms with E-state index in [2.05, 4.69) is 5.32 Å². The molecule has 0 fully saturated rings. The second kappa shape index (κ2) is 10.0. The van der Waals surface area contributed by atoms with Crippen LogP contribution < -0.4 is 5.32 Å². The van der Waals surface area contributed by atoms with Crippen LogP contribution in [0.5, 0.6) is 0 Å². The molecule has 0 saturated heterocycles. The molecule has 0 saturated carbocycles. The van der Waals surface area contributed by atoms with Gasteiger partial charge in [0.2, 0.25) is 11.8 Å². The van der Waals surface area contributed by atoms with Crippen molar-refractivity contribution in [3.8, 4) is 0 Å². The molecule has 0 aliphatic heterocycles. The molecule has 2 aromatic rings. The summed E-state index contributed by atoms with van der Waals surface area (Å²) in [6.45, 7) is 8.69. The third-order valence-corrected chi connectivity index (χ3v) is 4.72. The molecule has 1 atom stereocenters. The molecule has 4 nitrogen and oxygen atoms in total. The van der Waals surface area contributed by atoms with Crippen LogP contribution in [0.3, 0.4) is 0 Å². The summed E-state index contributed by atoms with van der Waals surface area (Å²) in [6.07, 6.45) is 0.119. The molecule has 150 valence electrons. The molecule has 0 radical (unpaired) electrons. The number of nitrogens with one attached hydrogen (secondary N) is 1. The number of benzene rings is 2. The first kappa shape index (κ1) is 21.6. The summed E-state index contributed by atoms with van der Waals surface area (Å²) in [7, 11) is 0. The molecule has 5 heteroatoms. The summed E-state index contributed by atoms with van der Waals surface area (Å²) >= 11 is 0. The fraction of sp³-hybridized carbons (Fsp3) is 0.391. The first-order valence-corrected chi connectivity index (χ1v) is 9.64. The van der Waals surface area contributed by atoms with Crippen molar-refractivity contribution in [2.75, 3.05) is 6.54 Å². The van der Waals surface area contributed by atoms with Crippen LogP contribution in [0.25, 0.3) is 0 Å². The fourth-order valence-corrected chi connectivity index (χ4v) is 2.88. The standard InChI is InChI=1S/C23H29FN2O2/c1-16(2)14-25-23(28)18(4)26(15-20-8-6-5-7-17(20)3)22(27)13-19-9-11-21(24)12-10-19/h5-12,16,18H,13-15H2,1-4H3,(H,25,28)/t18-/m0/s1. The molecule has 2 aromatic carbocycles. The van der Waals surface area contributed by atoms with Crippen LogP contribution in [0.1, 0.15) is 37.5 Å². The highest BCUT2D eigenvalue weighted by atomic mass is 19.1. The summed E-state index contributed by atoms with van der Waals surface area (Å²) in [4.78, 5) is 27.3. The van der Waals surface area contributed by atoms with E-state index in [1.165, 1.54) is 12.1 Å². The van der Waals surface area contributed by atoms with E-state index in [4.69, 9.17) is 0 Å². The van der Waals surface area contributed by atoms with Gasteiger partial charge in [-0.05, 0) is 48.6 Å². The maximum atomic E-state index is 13.2. The van der Waals surface area contributed by atoms with Crippen molar-refractivity contribution in [2.45, 2.75) is 46.7 Å². The lowest BCUT2D eigenvalue weighted by atomic mass is 10.1. The zero-order valence-electron chi connectivity index (χ0n) is 17.0. The Morgan fingerprint density at radius 2 is 1.68 bits per heavy atom. The monoisotopic (exact) mass is 384 g/mol. The number of hydrogen-bond acceptors (Lipinski definition) is 2. The molecular weight excluding hydrogens is 355 g/mol. The van der Waals surface area contributed by atoms with Crippen molar-refractivity contribution in [1.82, 2.24) is 10.2 Å². The number of aryl methyl sites for hydroxylation is 1. The second-order valence-corrected chi connectivity index (χ2v) is 7.57. The summed E-state index contributed by atoms with van der Waals surface area (Å²) in [6, 6.07) is 13.1. The van der Waals surface area contributed by atoms with Crippen molar-refractivity contribution in [3.63, 3.8) is 0 Å². The van der Waals surface area contributed by atoms with Gasteiger partial charge in [-0.2, -0.15) is 0 Å². The smallest absolute Gasteiger partial charge is 0.242 e. The average Bonchev–Trinajstić information content (AvgIpc) is 2.66. The number of carbonyl (C=O) groups excluding carboxylic acids is 2. The number of carbonyl (C=O) groups is 2. The van der Waals surface area contributed by atoms with Gasteiger partial charge >= 0.3 is 0 Å². The first-order chi connectivity index (χ1) is 13.3. The SMILES string of the molecule is Cc1ccccc1CN(C(=O)Cc1ccc(F)cc1)[C@@H](C)C(=O)NCC(C)C. The summed E-state index contributed by atoms with van der Waals surface area (Å²) < 4.78 is 13.2. The molecule has 0 unspecified atom stereocenters. The minimum atomic E-state index is -0.605. The third-order valence-electron chi connectivity index (χ3n) is 4.72. The quantitative estimate of drug-likeness (QED) is 0.751. The van der Waals surface area contributed by atoms with E-state index in [1.54, 1.807) is 24.0 Å². The lowest BCUT2D eigenvalue weighted by Gasteiger charge is -2.29. The van der Waals surface area contributed by atoms with Crippen LogP contribution in [0.2, 0.25) is 0 Å². The lowest BCUT2D eigenvalue weighted by molar-refractivity contribution is -0.140. The van der Waals surface area contributed by atoms with Gasteiger partial charge < -0.3 is 10.2 Å². The molecule has 0 aliphatic rings. The fourth-order valence-electron chi connectivity index (χ4n) is 2.88. The molecule has 0 aliphatic carbocycles. The number of amides is 2. The topological polar surface area (TPSA) is 49.4 Å². The zero-order valence-corrected chi connectivity index (χ0v) is 17.0. The Bertz CT molecular complexity index is 803. The highest BCUT2D eigenvalue weighted by Gasteiger charge is 2.26. The minimum absolute atomic E-state index is 0.119. The molecule has 0 spiro atoms. The van der Waals surface area contributed by atoms with Crippen molar-refractivity contribution in [2.24, 2.45) is 5.92 Å². The molecule has 0 bridgehead atoms. The van der Waals surface area contributed by atoms with E-state index in [-0.39, 0.29) is 24.1 Å². The van der Waals surface area contributed by atoms with Crippen molar-refractivity contribution in [3.05, 3.63) is 71.0 Å². The highest BCUT2D eigenvalue weighted by molar-refractivity contribution is 5.88.